The number of thiophene rings is 1. The van der Waals surface area contributed by atoms with Gasteiger partial charge in [0.05, 0.1) is 27.6 Å². The van der Waals surface area contributed by atoms with E-state index < -0.39 is 0 Å². The minimum absolute atomic E-state index is 0.164. The molecule has 0 unspecified atom stereocenters. The van der Waals surface area contributed by atoms with Gasteiger partial charge in [0.1, 0.15) is 29.6 Å². The van der Waals surface area contributed by atoms with Crippen LogP contribution in [0.25, 0.3) is 11.4 Å². The SMILES string of the molecule is O=C(NCc1cn(-c2ccc(-n3ccccc3=O)cc2OCc2ncc[nH]2)nn1)c1ccc(Cl)s1. The van der Waals surface area contributed by atoms with E-state index in [1.807, 2.05) is 0 Å². The van der Waals surface area contributed by atoms with Crippen molar-refractivity contribution >= 4 is 28.8 Å². The fourth-order valence-corrected chi connectivity index (χ4v) is 4.27. The Labute approximate surface area is 207 Å². The molecule has 12 heteroatoms. The Morgan fingerprint density at radius 3 is 2.89 bits per heavy atom. The number of nitrogens with zero attached hydrogens (tertiary/aromatic N) is 5. The Morgan fingerprint density at radius 1 is 1.20 bits per heavy atom. The van der Waals surface area contributed by atoms with Gasteiger partial charge in [0.15, 0.2) is 0 Å². The number of benzene rings is 1. The number of aromatic nitrogens is 6. The van der Waals surface area contributed by atoms with Crippen LogP contribution in [0.5, 0.6) is 5.75 Å². The van der Waals surface area contributed by atoms with Crippen molar-refractivity contribution in [3.63, 3.8) is 0 Å². The lowest BCUT2D eigenvalue weighted by atomic mass is 10.2. The van der Waals surface area contributed by atoms with Gasteiger partial charge < -0.3 is 15.0 Å². The molecule has 0 bridgehead atoms. The van der Waals surface area contributed by atoms with E-state index >= 15 is 0 Å². The molecule has 0 aliphatic heterocycles. The van der Waals surface area contributed by atoms with Crippen molar-refractivity contribution in [1.82, 2.24) is 34.8 Å². The quantitative estimate of drug-likeness (QED) is 0.332. The number of nitrogens with one attached hydrogen (secondary N) is 2. The number of carbonyl (C=O) groups is 1. The number of carbonyl (C=O) groups excluding carboxylic acids is 1. The van der Waals surface area contributed by atoms with Crippen molar-refractivity contribution in [2.45, 2.75) is 13.2 Å². The summed E-state index contributed by atoms with van der Waals surface area (Å²) in [6.07, 6.45) is 6.74. The molecule has 4 heterocycles. The van der Waals surface area contributed by atoms with Gasteiger partial charge in [-0.05, 0) is 30.3 Å². The van der Waals surface area contributed by atoms with Crippen LogP contribution in [0.15, 0.2) is 78.1 Å². The van der Waals surface area contributed by atoms with E-state index in [0.717, 1.165) is 0 Å². The van der Waals surface area contributed by atoms with Gasteiger partial charge in [-0.1, -0.05) is 22.9 Å². The van der Waals surface area contributed by atoms with Crippen LogP contribution in [0.1, 0.15) is 21.2 Å². The van der Waals surface area contributed by atoms with Gasteiger partial charge in [0.2, 0.25) is 0 Å². The van der Waals surface area contributed by atoms with E-state index in [2.05, 4.69) is 25.6 Å². The highest BCUT2D eigenvalue weighted by Crippen LogP contribution is 2.26. The van der Waals surface area contributed by atoms with Crippen molar-refractivity contribution in [2.24, 2.45) is 0 Å². The minimum Gasteiger partial charge on any atom is -0.483 e. The Hall–Kier alpha value is -4.22. The summed E-state index contributed by atoms with van der Waals surface area (Å²) in [5.74, 6) is 0.883. The van der Waals surface area contributed by atoms with E-state index in [-0.39, 0.29) is 24.6 Å². The smallest absolute Gasteiger partial charge is 0.261 e. The maximum Gasteiger partial charge on any atom is 0.261 e. The molecule has 5 rings (SSSR count). The molecule has 0 spiro atoms. The highest BCUT2D eigenvalue weighted by atomic mass is 35.5. The highest BCUT2D eigenvalue weighted by molar-refractivity contribution is 7.17. The van der Waals surface area contributed by atoms with Gasteiger partial charge >= 0.3 is 0 Å². The number of amides is 1. The van der Waals surface area contributed by atoms with Gasteiger partial charge in [-0.2, -0.15) is 0 Å². The number of hydrogen-bond donors (Lipinski definition) is 2. The summed E-state index contributed by atoms with van der Waals surface area (Å²) in [4.78, 5) is 32.3. The third-order valence-electron chi connectivity index (χ3n) is 4.98. The van der Waals surface area contributed by atoms with Gasteiger partial charge in [-0.25, -0.2) is 9.67 Å². The van der Waals surface area contributed by atoms with E-state index in [4.69, 9.17) is 16.3 Å². The first-order chi connectivity index (χ1) is 17.1. The van der Waals surface area contributed by atoms with E-state index in [1.165, 1.54) is 22.0 Å². The summed E-state index contributed by atoms with van der Waals surface area (Å²) >= 11 is 7.10. The molecular formula is C23H18ClN7O3S. The number of hydrogen-bond acceptors (Lipinski definition) is 7. The molecule has 0 saturated heterocycles. The lowest BCUT2D eigenvalue weighted by molar-refractivity contribution is 0.0954. The van der Waals surface area contributed by atoms with Crippen LogP contribution in [-0.2, 0) is 13.2 Å². The maximum atomic E-state index is 12.3. The van der Waals surface area contributed by atoms with Crippen LogP contribution >= 0.6 is 22.9 Å². The monoisotopic (exact) mass is 507 g/mol. The van der Waals surface area contributed by atoms with Crippen LogP contribution in [-0.4, -0.2) is 35.4 Å². The molecule has 4 aromatic heterocycles. The average Bonchev–Trinajstić information content (AvgIpc) is 3.64. The summed E-state index contributed by atoms with van der Waals surface area (Å²) < 4.78 is 9.64. The zero-order valence-electron chi connectivity index (χ0n) is 18.1. The molecular weight excluding hydrogens is 490 g/mol. The van der Waals surface area contributed by atoms with Crippen molar-refractivity contribution in [3.8, 4) is 17.1 Å². The van der Waals surface area contributed by atoms with Crippen LogP contribution in [0.4, 0.5) is 0 Å². The Kier molecular flexibility index (Phi) is 6.42. The molecule has 0 fully saturated rings. The Morgan fingerprint density at radius 2 is 2.11 bits per heavy atom. The van der Waals surface area contributed by atoms with Crippen molar-refractivity contribution in [3.05, 3.63) is 104 Å². The second-order valence-electron chi connectivity index (χ2n) is 7.33. The van der Waals surface area contributed by atoms with Crippen molar-refractivity contribution < 1.29 is 9.53 Å². The minimum atomic E-state index is -0.239. The Balaban J connectivity index is 1.40. The molecule has 0 aliphatic carbocycles. The molecule has 5 aromatic rings. The average molecular weight is 508 g/mol. The molecule has 1 amide bonds. The van der Waals surface area contributed by atoms with Gasteiger partial charge in [-0.15, -0.1) is 16.4 Å². The molecule has 35 heavy (non-hydrogen) atoms. The number of aromatic amines is 1. The third-order valence-corrected chi connectivity index (χ3v) is 6.21. The molecule has 0 aliphatic rings. The molecule has 0 saturated carbocycles. The first-order valence-electron chi connectivity index (χ1n) is 10.4. The summed E-state index contributed by atoms with van der Waals surface area (Å²) in [6, 6.07) is 13.6. The number of imidazole rings is 1. The summed E-state index contributed by atoms with van der Waals surface area (Å²) in [5, 5.41) is 11.2. The molecule has 2 N–H and O–H groups in total. The molecule has 1 aromatic carbocycles. The van der Waals surface area contributed by atoms with Crippen molar-refractivity contribution in [1.29, 1.82) is 0 Å². The third kappa shape index (κ3) is 5.15. The number of halogens is 1. The summed E-state index contributed by atoms with van der Waals surface area (Å²) in [6.45, 7) is 0.378. The summed E-state index contributed by atoms with van der Waals surface area (Å²) in [5.41, 5.74) is 1.64. The second-order valence-corrected chi connectivity index (χ2v) is 9.04. The first-order valence-corrected chi connectivity index (χ1v) is 11.6. The topological polar surface area (TPSA) is 120 Å². The van der Waals surface area contributed by atoms with Crippen LogP contribution in [0.2, 0.25) is 4.34 Å². The fraction of sp³-hybridized carbons (Fsp3) is 0.0870. The number of rotatable bonds is 8. The largest absolute Gasteiger partial charge is 0.483 e. The summed E-state index contributed by atoms with van der Waals surface area (Å²) in [7, 11) is 0. The lowest BCUT2D eigenvalue weighted by Gasteiger charge is -2.13. The number of pyridine rings is 1. The number of H-pyrrole nitrogens is 1. The molecule has 0 atom stereocenters. The standard InChI is InChI=1S/C23H18ClN7O3S/c24-20-7-6-19(35-20)23(33)27-12-15-13-31(29-28-15)17-5-4-16(30-10-2-1-3-22(30)32)11-18(17)34-14-21-25-8-9-26-21/h1-11,13H,12,14H2,(H,25,26)(H,27,33). The normalized spacial score (nSPS) is 10.9. The zero-order chi connectivity index (χ0) is 24.2. The second kappa shape index (κ2) is 9.95. The van der Waals surface area contributed by atoms with Crippen LogP contribution in [0.3, 0.4) is 0 Å². The zero-order valence-corrected chi connectivity index (χ0v) is 19.7. The molecule has 0 radical (unpaired) electrons. The van der Waals surface area contributed by atoms with Crippen molar-refractivity contribution in [2.75, 3.05) is 0 Å². The Bertz CT molecular complexity index is 1520. The molecule has 176 valence electrons. The maximum absolute atomic E-state index is 12.3. The molecule has 10 nitrogen and oxygen atoms in total. The van der Waals surface area contributed by atoms with Gasteiger partial charge in [-0.3, -0.25) is 14.2 Å². The van der Waals surface area contributed by atoms with Gasteiger partial charge in [0, 0.05) is 30.7 Å². The predicted octanol–water partition coefficient (Wildman–Crippen LogP) is 3.37. The van der Waals surface area contributed by atoms with Crippen LogP contribution < -0.4 is 15.6 Å². The van der Waals surface area contributed by atoms with Crippen LogP contribution in [0, 0.1) is 0 Å². The lowest BCUT2D eigenvalue weighted by Crippen LogP contribution is -2.21. The van der Waals surface area contributed by atoms with E-state index in [9.17, 15) is 9.59 Å². The van der Waals surface area contributed by atoms with E-state index in [0.29, 0.717) is 37.9 Å². The first kappa shape index (κ1) is 22.6. The van der Waals surface area contributed by atoms with E-state index in [1.54, 1.807) is 71.9 Å². The van der Waals surface area contributed by atoms with Gasteiger partial charge in [0.25, 0.3) is 11.5 Å². The highest BCUT2D eigenvalue weighted by Gasteiger charge is 2.14. The predicted molar refractivity (Wildman–Crippen MR) is 130 cm³/mol. The fourth-order valence-electron chi connectivity index (χ4n) is 3.31. The number of ether oxygens (including phenoxy) is 1.